The molecule has 1 atom stereocenters. The summed E-state index contributed by atoms with van der Waals surface area (Å²) < 4.78 is 5.17. The zero-order valence-electron chi connectivity index (χ0n) is 10.4. The molecule has 19 heavy (non-hydrogen) atoms. The van der Waals surface area contributed by atoms with Gasteiger partial charge in [0.25, 0.3) is 0 Å². The second kappa shape index (κ2) is 5.91. The van der Waals surface area contributed by atoms with Crippen LogP contribution in [0.4, 0.5) is 0 Å². The van der Waals surface area contributed by atoms with E-state index in [0.717, 1.165) is 5.56 Å². The summed E-state index contributed by atoms with van der Waals surface area (Å²) in [6.45, 7) is 2.30. The topological polar surface area (TPSA) is 62.5 Å². The molecule has 1 unspecified atom stereocenters. The molecule has 0 radical (unpaired) electrons. The van der Waals surface area contributed by atoms with Crippen LogP contribution in [0.1, 0.15) is 34.6 Å². The number of hydrogen-bond donors (Lipinski definition) is 2. The summed E-state index contributed by atoms with van der Waals surface area (Å²) in [6, 6.07) is 8.98. The van der Waals surface area contributed by atoms with Crippen LogP contribution >= 0.6 is 11.6 Å². The summed E-state index contributed by atoms with van der Waals surface area (Å²) in [5, 5.41) is 12.8. The van der Waals surface area contributed by atoms with Crippen LogP contribution in [0.5, 0.6) is 0 Å². The number of aromatic carboxylic acids is 1. The normalized spacial score (nSPS) is 12.3. The van der Waals surface area contributed by atoms with Gasteiger partial charge in [0.05, 0.1) is 12.8 Å². The van der Waals surface area contributed by atoms with E-state index >= 15 is 0 Å². The standard InChI is InChI=1S/C14H14ClNO3/c1-9(10-4-2-3-5-12(10)15)16-8-13-11(14(17)18)6-7-19-13/h2-7,9,16H,8H2,1H3,(H,17,18). The Morgan fingerprint density at radius 3 is 2.84 bits per heavy atom. The molecule has 0 saturated heterocycles. The van der Waals surface area contributed by atoms with E-state index in [9.17, 15) is 4.79 Å². The lowest BCUT2D eigenvalue weighted by molar-refractivity contribution is 0.0694. The fraction of sp³-hybridized carbons (Fsp3) is 0.214. The van der Waals surface area contributed by atoms with Gasteiger partial charge in [-0.2, -0.15) is 0 Å². The van der Waals surface area contributed by atoms with Gasteiger partial charge in [-0.1, -0.05) is 29.8 Å². The predicted octanol–water partition coefficient (Wildman–Crippen LogP) is 3.48. The van der Waals surface area contributed by atoms with Crippen LogP contribution in [-0.2, 0) is 6.54 Å². The number of nitrogens with one attached hydrogen (secondary N) is 1. The van der Waals surface area contributed by atoms with E-state index in [0.29, 0.717) is 17.3 Å². The Morgan fingerprint density at radius 1 is 1.42 bits per heavy atom. The third-order valence-corrected chi connectivity index (χ3v) is 3.26. The Bertz CT molecular complexity index is 580. The molecule has 100 valence electrons. The van der Waals surface area contributed by atoms with Crippen molar-refractivity contribution in [2.75, 3.05) is 0 Å². The van der Waals surface area contributed by atoms with Gasteiger partial charge in [0.1, 0.15) is 11.3 Å². The second-order valence-corrected chi connectivity index (χ2v) is 4.59. The number of benzene rings is 1. The number of rotatable bonds is 5. The monoisotopic (exact) mass is 279 g/mol. The lowest BCUT2D eigenvalue weighted by Gasteiger charge is -2.15. The Hall–Kier alpha value is -1.78. The SMILES string of the molecule is CC(NCc1occc1C(=O)O)c1ccccc1Cl. The van der Waals surface area contributed by atoms with Crippen molar-refractivity contribution in [1.82, 2.24) is 5.32 Å². The summed E-state index contributed by atoms with van der Waals surface area (Å²) in [5.41, 5.74) is 1.14. The molecule has 0 bridgehead atoms. The molecule has 5 heteroatoms. The van der Waals surface area contributed by atoms with Crippen LogP contribution in [0.2, 0.25) is 5.02 Å². The Balaban J connectivity index is 2.05. The van der Waals surface area contributed by atoms with Gasteiger partial charge in [0.15, 0.2) is 0 Å². The van der Waals surface area contributed by atoms with Crippen molar-refractivity contribution in [3.8, 4) is 0 Å². The minimum atomic E-state index is -0.990. The number of carbonyl (C=O) groups is 1. The fourth-order valence-electron chi connectivity index (χ4n) is 1.85. The first-order valence-corrected chi connectivity index (χ1v) is 6.25. The van der Waals surface area contributed by atoms with Crippen LogP contribution in [-0.4, -0.2) is 11.1 Å². The highest BCUT2D eigenvalue weighted by Crippen LogP contribution is 2.22. The molecule has 0 aliphatic carbocycles. The Morgan fingerprint density at radius 2 is 2.16 bits per heavy atom. The highest BCUT2D eigenvalue weighted by atomic mass is 35.5. The first kappa shape index (κ1) is 13.6. The van der Waals surface area contributed by atoms with Crippen LogP contribution < -0.4 is 5.32 Å². The summed E-state index contributed by atoms with van der Waals surface area (Å²) >= 11 is 6.10. The molecule has 0 amide bonds. The van der Waals surface area contributed by atoms with Crippen LogP contribution in [0.3, 0.4) is 0 Å². The molecule has 4 nitrogen and oxygen atoms in total. The first-order valence-electron chi connectivity index (χ1n) is 5.87. The minimum Gasteiger partial charge on any atom is -0.478 e. The van der Waals surface area contributed by atoms with Gasteiger partial charge in [-0.05, 0) is 24.6 Å². The molecule has 0 aliphatic heterocycles. The minimum absolute atomic E-state index is 0.000412. The number of halogens is 1. The van der Waals surface area contributed by atoms with E-state index in [2.05, 4.69) is 5.32 Å². The maximum absolute atomic E-state index is 10.9. The maximum atomic E-state index is 10.9. The van der Waals surface area contributed by atoms with E-state index in [1.807, 2.05) is 31.2 Å². The molecule has 2 rings (SSSR count). The lowest BCUT2D eigenvalue weighted by Crippen LogP contribution is -2.19. The molecule has 0 aliphatic rings. The molecule has 0 spiro atoms. The zero-order valence-corrected chi connectivity index (χ0v) is 11.1. The average Bonchev–Trinajstić information content (AvgIpc) is 2.85. The first-order chi connectivity index (χ1) is 9.09. The Kier molecular flexibility index (Phi) is 4.24. The van der Waals surface area contributed by atoms with Gasteiger partial charge in [0, 0.05) is 11.1 Å². The molecule has 1 heterocycles. The van der Waals surface area contributed by atoms with Gasteiger partial charge in [-0.15, -0.1) is 0 Å². The van der Waals surface area contributed by atoms with Crippen molar-refractivity contribution in [2.45, 2.75) is 19.5 Å². The number of carboxylic acids is 1. The second-order valence-electron chi connectivity index (χ2n) is 4.19. The predicted molar refractivity (Wildman–Crippen MR) is 72.4 cm³/mol. The highest BCUT2D eigenvalue weighted by molar-refractivity contribution is 6.31. The smallest absolute Gasteiger partial charge is 0.339 e. The molecule has 2 N–H and O–H groups in total. The molecule has 2 aromatic rings. The molecule has 0 fully saturated rings. The van der Waals surface area contributed by atoms with Gasteiger partial charge >= 0.3 is 5.97 Å². The number of hydrogen-bond acceptors (Lipinski definition) is 3. The van der Waals surface area contributed by atoms with Crippen molar-refractivity contribution < 1.29 is 14.3 Å². The largest absolute Gasteiger partial charge is 0.478 e. The number of carboxylic acid groups (broad SMARTS) is 1. The van der Waals surface area contributed by atoms with E-state index in [4.69, 9.17) is 21.1 Å². The van der Waals surface area contributed by atoms with Crippen LogP contribution in [0, 0.1) is 0 Å². The van der Waals surface area contributed by atoms with Gasteiger partial charge in [-0.3, -0.25) is 0 Å². The molecule has 1 aromatic carbocycles. The van der Waals surface area contributed by atoms with E-state index in [1.54, 1.807) is 0 Å². The summed E-state index contributed by atoms with van der Waals surface area (Å²) in [5.74, 6) is -0.581. The molecular formula is C14H14ClNO3. The van der Waals surface area contributed by atoms with Crippen molar-refractivity contribution in [1.29, 1.82) is 0 Å². The fourth-order valence-corrected chi connectivity index (χ4v) is 2.15. The van der Waals surface area contributed by atoms with Crippen LogP contribution in [0.25, 0.3) is 0 Å². The molecule has 0 saturated carbocycles. The third-order valence-electron chi connectivity index (χ3n) is 2.92. The van der Waals surface area contributed by atoms with Crippen molar-refractivity contribution in [3.05, 3.63) is 58.5 Å². The molecular weight excluding hydrogens is 266 g/mol. The number of furan rings is 1. The van der Waals surface area contributed by atoms with E-state index in [1.165, 1.54) is 12.3 Å². The van der Waals surface area contributed by atoms with Crippen molar-refractivity contribution in [2.24, 2.45) is 0 Å². The highest BCUT2D eigenvalue weighted by Gasteiger charge is 2.15. The zero-order chi connectivity index (χ0) is 13.8. The van der Waals surface area contributed by atoms with E-state index < -0.39 is 5.97 Å². The van der Waals surface area contributed by atoms with Crippen LogP contribution in [0.15, 0.2) is 41.0 Å². The third kappa shape index (κ3) is 3.16. The van der Waals surface area contributed by atoms with Gasteiger partial charge in [0.2, 0.25) is 0 Å². The summed E-state index contributed by atoms with van der Waals surface area (Å²) in [7, 11) is 0. The Labute approximate surface area is 116 Å². The average molecular weight is 280 g/mol. The summed E-state index contributed by atoms with van der Waals surface area (Å²) in [4.78, 5) is 10.9. The lowest BCUT2D eigenvalue weighted by atomic mass is 10.1. The maximum Gasteiger partial charge on any atom is 0.339 e. The van der Waals surface area contributed by atoms with E-state index in [-0.39, 0.29) is 11.6 Å². The summed E-state index contributed by atoms with van der Waals surface area (Å²) in [6.07, 6.45) is 1.38. The van der Waals surface area contributed by atoms with Crippen molar-refractivity contribution in [3.63, 3.8) is 0 Å². The van der Waals surface area contributed by atoms with Gasteiger partial charge in [-0.25, -0.2) is 4.79 Å². The quantitative estimate of drug-likeness (QED) is 0.879. The van der Waals surface area contributed by atoms with Crippen molar-refractivity contribution >= 4 is 17.6 Å². The van der Waals surface area contributed by atoms with Gasteiger partial charge < -0.3 is 14.8 Å². The molecule has 1 aromatic heterocycles.